The van der Waals surface area contributed by atoms with Crippen LogP contribution in [-0.2, 0) is 9.53 Å². The average molecular weight is 172 g/mol. The molecular weight excluding hydrogens is 156 g/mol. The van der Waals surface area contributed by atoms with Gasteiger partial charge in [-0.2, -0.15) is 0 Å². The Hall–Kier alpha value is -0.570. The second-order valence-electron chi connectivity index (χ2n) is 3.50. The van der Waals surface area contributed by atoms with Crippen molar-refractivity contribution in [2.24, 2.45) is 5.92 Å². The van der Waals surface area contributed by atoms with E-state index in [4.69, 9.17) is 9.84 Å². The normalized spacial score (nSPS) is 30.1. The number of carbonyl (C=O) groups is 1. The Morgan fingerprint density at radius 3 is 2.75 bits per heavy atom. The first-order valence-corrected chi connectivity index (χ1v) is 4.53. The minimum absolute atomic E-state index is 0.144. The summed E-state index contributed by atoms with van der Waals surface area (Å²) in [6.45, 7) is 1.99. The molecule has 0 saturated heterocycles. The van der Waals surface area contributed by atoms with E-state index >= 15 is 0 Å². The fraction of sp³-hybridized carbons (Fsp3) is 0.889. The highest BCUT2D eigenvalue weighted by molar-refractivity contribution is 5.68. The van der Waals surface area contributed by atoms with E-state index in [9.17, 15) is 4.79 Å². The number of hydrogen-bond acceptors (Lipinski definition) is 2. The van der Waals surface area contributed by atoms with Gasteiger partial charge in [-0.1, -0.05) is 19.8 Å². The van der Waals surface area contributed by atoms with Gasteiger partial charge in [-0.25, -0.2) is 4.79 Å². The molecule has 2 atom stereocenters. The highest BCUT2D eigenvalue weighted by Crippen LogP contribution is 2.25. The van der Waals surface area contributed by atoms with Crippen LogP contribution < -0.4 is 0 Å². The van der Waals surface area contributed by atoms with Crippen LogP contribution in [0.3, 0.4) is 0 Å². The van der Waals surface area contributed by atoms with Gasteiger partial charge >= 0.3 is 5.97 Å². The predicted molar refractivity (Wildman–Crippen MR) is 45.0 cm³/mol. The van der Waals surface area contributed by atoms with E-state index in [1.54, 1.807) is 0 Å². The minimum Gasteiger partial charge on any atom is -0.480 e. The minimum atomic E-state index is -0.868. The molecule has 0 aliphatic heterocycles. The molecule has 0 aromatic carbocycles. The number of ether oxygens (including phenoxy) is 1. The van der Waals surface area contributed by atoms with Crippen LogP contribution in [0.15, 0.2) is 0 Å². The van der Waals surface area contributed by atoms with E-state index in [1.807, 2.05) is 0 Å². The van der Waals surface area contributed by atoms with Gasteiger partial charge in [0.15, 0.2) is 0 Å². The fourth-order valence-electron chi connectivity index (χ4n) is 1.71. The van der Waals surface area contributed by atoms with Crippen LogP contribution in [0, 0.1) is 5.92 Å². The van der Waals surface area contributed by atoms with Crippen molar-refractivity contribution in [3.05, 3.63) is 0 Å². The van der Waals surface area contributed by atoms with Crippen molar-refractivity contribution >= 4 is 5.97 Å². The summed E-state index contributed by atoms with van der Waals surface area (Å²) in [5.74, 6) is -0.342. The molecule has 2 unspecified atom stereocenters. The molecule has 1 N–H and O–H groups in total. The molecule has 1 rings (SSSR count). The zero-order valence-corrected chi connectivity index (χ0v) is 7.45. The van der Waals surface area contributed by atoms with E-state index in [2.05, 4.69) is 6.92 Å². The lowest BCUT2D eigenvalue weighted by molar-refractivity contribution is -0.146. The summed E-state index contributed by atoms with van der Waals surface area (Å²) >= 11 is 0. The monoisotopic (exact) mass is 172 g/mol. The molecule has 12 heavy (non-hydrogen) atoms. The third kappa shape index (κ3) is 2.81. The van der Waals surface area contributed by atoms with Crippen molar-refractivity contribution in [1.82, 2.24) is 0 Å². The molecule has 0 bridgehead atoms. The predicted octanol–water partition coefficient (Wildman–Crippen LogP) is 1.67. The topological polar surface area (TPSA) is 46.5 Å². The summed E-state index contributed by atoms with van der Waals surface area (Å²) in [4.78, 5) is 10.2. The van der Waals surface area contributed by atoms with E-state index in [1.165, 1.54) is 19.3 Å². The molecular formula is C9H16O3. The molecule has 0 aromatic rings. The van der Waals surface area contributed by atoms with Crippen LogP contribution in [0.4, 0.5) is 0 Å². The number of aliphatic carboxylic acids is 1. The first-order valence-electron chi connectivity index (χ1n) is 4.53. The van der Waals surface area contributed by atoms with E-state index in [0.29, 0.717) is 5.92 Å². The van der Waals surface area contributed by atoms with Crippen molar-refractivity contribution in [3.63, 3.8) is 0 Å². The van der Waals surface area contributed by atoms with Crippen LogP contribution in [0.1, 0.15) is 32.6 Å². The Labute approximate surface area is 72.7 Å². The quantitative estimate of drug-likeness (QED) is 0.704. The second kappa shape index (κ2) is 4.45. The van der Waals surface area contributed by atoms with Crippen LogP contribution in [0.25, 0.3) is 0 Å². The Bertz CT molecular complexity index is 156. The first-order chi connectivity index (χ1) is 5.70. The van der Waals surface area contributed by atoms with Crippen molar-refractivity contribution in [2.45, 2.75) is 38.7 Å². The third-order valence-corrected chi connectivity index (χ3v) is 2.45. The van der Waals surface area contributed by atoms with Gasteiger partial charge < -0.3 is 9.84 Å². The molecule has 70 valence electrons. The lowest BCUT2D eigenvalue weighted by Crippen LogP contribution is -2.27. The van der Waals surface area contributed by atoms with Gasteiger partial charge in [0.05, 0.1) is 6.10 Å². The lowest BCUT2D eigenvalue weighted by Gasteiger charge is -2.27. The second-order valence-corrected chi connectivity index (χ2v) is 3.50. The van der Waals surface area contributed by atoms with Gasteiger partial charge in [0, 0.05) is 0 Å². The SMILES string of the molecule is CC1CCCCC1OCC(=O)O. The van der Waals surface area contributed by atoms with Crippen LogP contribution in [0.2, 0.25) is 0 Å². The van der Waals surface area contributed by atoms with Gasteiger partial charge in [0.2, 0.25) is 0 Å². The fourth-order valence-corrected chi connectivity index (χ4v) is 1.71. The van der Waals surface area contributed by atoms with Crippen molar-refractivity contribution < 1.29 is 14.6 Å². The van der Waals surface area contributed by atoms with Gasteiger partial charge in [-0.3, -0.25) is 0 Å². The Morgan fingerprint density at radius 1 is 1.50 bits per heavy atom. The number of rotatable bonds is 3. The maximum Gasteiger partial charge on any atom is 0.329 e. The van der Waals surface area contributed by atoms with E-state index in [-0.39, 0.29) is 12.7 Å². The third-order valence-electron chi connectivity index (χ3n) is 2.45. The van der Waals surface area contributed by atoms with Gasteiger partial charge in [-0.15, -0.1) is 0 Å². The van der Waals surface area contributed by atoms with Gasteiger partial charge in [0.1, 0.15) is 6.61 Å². The summed E-state index contributed by atoms with van der Waals surface area (Å²) in [5.41, 5.74) is 0. The number of hydrogen-bond donors (Lipinski definition) is 1. The summed E-state index contributed by atoms with van der Waals surface area (Å²) < 4.78 is 5.26. The van der Waals surface area contributed by atoms with Crippen molar-refractivity contribution in [1.29, 1.82) is 0 Å². The van der Waals surface area contributed by atoms with Crippen molar-refractivity contribution in [3.8, 4) is 0 Å². The molecule has 0 aromatic heterocycles. The summed E-state index contributed by atoms with van der Waals surface area (Å²) in [5, 5.41) is 8.41. The van der Waals surface area contributed by atoms with Crippen molar-refractivity contribution in [2.75, 3.05) is 6.61 Å². The van der Waals surface area contributed by atoms with Crippen LogP contribution >= 0.6 is 0 Å². The largest absolute Gasteiger partial charge is 0.480 e. The highest BCUT2D eigenvalue weighted by Gasteiger charge is 2.22. The highest BCUT2D eigenvalue weighted by atomic mass is 16.5. The standard InChI is InChI=1S/C9H16O3/c1-7-4-2-3-5-8(7)12-6-9(10)11/h7-8H,2-6H2,1H3,(H,10,11). The summed E-state index contributed by atoms with van der Waals surface area (Å²) in [6, 6.07) is 0. The molecule has 0 radical (unpaired) electrons. The van der Waals surface area contributed by atoms with Crippen LogP contribution in [-0.4, -0.2) is 23.8 Å². The number of carboxylic acids is 1. The zero-order chi connectivity index (χ0) is 8.97. The maximum absolute atomic E-state index is 10.2. The number of carboxylic acid groups (broad SMARTS) is 1. The Balaban J connectivity index is 2.24. The molecule has 3 nitrogen and oxygen atoms in total. The summed E-state index contributed by atoms with van der Waals surface area (Å²) in [7, 11) is 0. The smallest absolute Gasteiger partial charge is 0.329 e. The zero-order valence-electron chi connectivity index (χ0n) is 7.45. The molecule has 1 aliphatic carbocycles. The molecule has 1 saturated carbocycles. The van der Waals surface area contributed by atoms with E-state index < -0.39 is 5.97 Å². The molecule has 0 spiro atoms. The average Bonchev–Trinajstić information content (AvgIpc) is 2.03. The lowest BCUT2D eigenvalue weighted by atomic mass is 9.88. The van der Waals surface area contributed by atoms with E-state index in [0.717, 1.165) is 6.42 Å². The first kappa shape index (κ1) is 9.52. The molecule has 1 fully saturated rings. The Kier molecular flexibility index (Phi) is 3.53. The maximum atomic E-state index is 10.2. The molecule has 3 heteroatoms. The van der Waals surface area contributed by atoms with Gasteiger partial charge in [0.25, 0.3) is 0 Å². The molecule has 1 aliphatic rings. The van der Waals surface area contributed by atoms with Crippen LogP contribution in [0.5, 0.6) is 0 Å². The molecule has 0 amide bonds. The summed E-state index contributed by atoms with van der Waals surface area (Å²) in [6.07, 6.45) is 4.80. The molecule has 0 heterocycles. The Morgan fingerprint density at radius 2 is 2.17 bits per heavy atom. The van der Waals surface area contributed by atoms with Gasteiger partial charge in [-0.05, 0) is 18.8 Å².